The van der Waals surface area contributed by atoms with Crippen LogP contribution in [0.15, 0.2) is 41.3 Å². The maximum absolute atomic E-state index is 12.4. The molecule has 2 rings (SSSR count). The summed E-state index contributed by atoms with van der Waals surface area (Å²) in [7, 11) is -3.73. The quantitative estimate of drug-likeness (QED) is 0.642. The summed E-state index contributed by atoms with van der Waals surface area (Å²) in [5.74, 6) is -1.12. The molecule has 29 heavy (non-hydrogen) atoms. The molecule has 0 bridgehead atoms. The highest BCUT2D eigenvalue weighted by Gasteiger charge is 2.17. The first-order chi connectivity index (χ1) is 13.6. The molecular formula is C21H26N2O5S. The summed E-state index contributed by atoms with van der Waals surface area (Å²) in [5.41, 5.74) is 4.08. The van der Waals surface area contributed by atoms with Crippen LogP contribution in [0.25, 0.3) is 0 Å². The number of esters is 1. The molecule has 0 aliphatic heterocycles. The molecule has 0 spiro atoms. The Bertz CT molecular complexity index is 1020. The van der Waals surface area contributed by atoms with Gasteiger partial charge in [-0.15, -0.1) is 0 Å². The Morgan fingerprint density at radius 2 is 1.59 bits per heavy atom. The van der Waals surface area contributed by atoms with Crippen LogP contribution in [0.3, 0.4) is 0 Å². The SMILES string of the molecule is Cc1ccc(NC(=O)COC(=O)CCNS(=O)(=O)c2cc(C)ccc2C)c(C)c1. The lowest BCUT2D eigenvalue weighted by Gasteiger charge is -2.11. The van der Waals surface area contributed by atoms with Crippen molar-refractivity contribution >= 4 is 27.6 Å². The van der Waals surface area contributed by atoms with Crippen LogP contribution in [0.5, 0.6) is 0 Å². The van der Waals surface area contributed by atoms with Crippen LogP contribution < -0.4 is 10.0 Å². The van der Waals surface area contributed by atoms with Crippen LogP contribution >= 0.6 is 0 Å². The minimum atomic E-state index is -3.73. The standard InChI is InChI=1S/C21H26N2O5S/c1-14-6-8-18(17(4)11-14)23-20(24)13-28-21(25)9-10-22-29(26,27)19-12-15(2)5-7-16(19)3/h5-8,11-12,22H,9-10,13H2,1-4H3,(H,23,24). The van der Waals surface area contributed by atoms with E-state index >= 15 is 0 Å². The predicted molar refractivity (Wildman–Crippen MR) is 111 cm³/mol. The molecule has 0 unspecified atom stereocenters. The Labute approximate surface area is 171 Å². The first-order valence-electron chi connectivity index (χ1n) is 9.18. The summed E-state index contributed by atoms with van der Waals surface area (Å²) in [5, 5.41) is 2.68. The molecule has 1 amide bonds. The number of carbonyl (C=O) groups excluding carboxylic acids is 2. The Kier molecular flexibility index (Phi) is 7.53. The molecule has 0 fully saturated rings. The van der Waals surface area contributed by atoms with Gasteiger partial charge in [0.25, 0.3) is 5.91 Å². The fourth-order valence-corrected chi connectivity index (χ4v) is 4.08. The van der Waals surface area contributed by atoms with Crippen molar-refractivity contribution in [2.24, 2.45) is 0 Å². The third-order valence-electron chi connectivity index (χ3n) is 4.27. The average molecular weight is 419 g/mol. The normalized spacial score (nSPS) is 11.2. The molecule has 0 saturated heterocycles. The van der Waals surface area contributed by atoms with E-state index < -0.39 is 28.5 Å². The number of aryl methyl sites for hydroxylation is 4. The van der Waals surface area contributed by atoms with Crippen molar-refractivity contribution in [2.45, 2.75) is 39.0 Å². The van der Waals surface area contributed by atoms with Crippen LogP contribution in [-0.2, 0) is 24.3 Å². The van der Waals surface area contributed by atoms with Crippen LogP contribution in [0.1, 0.15) is 28.7 Å². The number of ether oxygens (including phenoxy) is 1. The van der Waals surface area contributed by atoms with E-state index in [1.165, 1.54) is 0 Å². The average Bonchev–Trinajstić information content (AvgIpc) is 2.64. The zero-order chi connectivity index (χ0) is 21.6. The molecule has 7 nitrogen and oxygen atoms in total. The lowest BCUT2D eigenvalue weighted by atomic mass is 10.1. The number of rotatable bonds is 8. The van der Waals surface area contributed by atoms with Gasteiger partial charge in [-0.25, -0.2) is 13.1 Å². The maximum atomic E-state index is 12.4. The molecular weight excluding hydrogens is 392 g/mol. The number of anilines is 1. The lowest BCUT2D eigenvalue weighted by Crippen LogP contribution is -2.28. The van der Waals surface area contributed by atoms with Gasteiger partial charge in [0.1, 0.15) is 0 Å². The second kappa shape index (κ2) is 9.67. The number of carbonyl (C=O) groups is 2. The Morgan fingerprint density at radius 3 is 2.28 bits per heavy atom. The van der Waals surface area contributed by atoms with Gasteiger partial charge in [0.2, 0.25) is 10.0 Å². The first-order valence-corrected chi connectivity index (χ1v) is 10.7. The van der Waals surface area contributed by atoms with E-state index in [2.05, 4.69) is 10.0 Å². The minimum absolute atomic E-state index is 0.118. The van der Waals surface area contributed by atoms with Crippen molar-refractivity contribution in [3.63, 3.8) is 0 Å². The van der Waals surface area contributed by atoms with Crippen LogP contribution in [0.2, 0.25) is 0 Å². The van der Waals surface area contributed by atoms with E-state index in [0.717, 1.165) is 16.7 Å². The summed E-state index contributed by atoms with van der Waals surface area (Å²) < 4.78 is 32.1. The third kappa shape index (κ3) is 6.69. The molecule has 8 heteroatoms. The van der Waals surface area contributed by atoms with E-state index in [4.69, 9.17) is 4.74 Å². The molecule has 0 saturated carbocycles. The highest BCUT2D eigenvalue weighted by Crippen LogP contribution is 2.17. The Balaban J connectivity index is 1.79. The van der Waals surface area contributed by atoms with Crippen LogP contribution in [-0.4, -0.2) is 33.4 Å². The highest BCUT2D eigenvalue weighted by molar-refractivity contribution is 7.89. The molecule has 2 aromatic carbocycles. The van der Waals surface area contributed by atoms with Gasteiger partial charge in [0.05, 0.1) is 11.3 Å². The Morgan fingerprint density at radius 1 is 0.931 bits per heavy atom. The summed E-state index contributed by atoms with van der Waals surface area (Å²) in [6, 6.07) is 10.7. The van der Waals surface area contributed by atoms with Gasteiger partial charge >= 0.3 is 5.97 Å². The molecule has 0 aliphatic rings. The van der Waals surface area contributed by atoms with E-state index in [9.17, 15) is 18.0 Å². The predicted octanol–water partition coefficient (Wildman–Crippen LogP) is 2.77. The number of nitrogens with one attached hydrogen (secondary N) is 2. The number of hydrogen-bond acceptors (Lipinski definition) is 5. The minimum Gasteiger partial charge on any atom is -0.456 e. The highest BCUT2D eigenvalue weighted by atomic mass is 32.2. The van der Waals surface area contributed by atoms with Crippen molar-refractivity contribution in [2.75, 3.05) is 18.5 Å². The van der Waals surface area contributed by atoms with Gasteiger partial charge in [0.15, 0.2) is 6.61 Å². The van der Waals surface area contributed by atoms with Crippen LogP contribution in [0.4, 0.5) is 5.69 Å². The zero-order valence-electron chi connectivity index (χ0n) is 17.0. The maximum Gasteiger partial charge on any atom is 0.307 e. The summed E-state index contributed by atoms with van der Waals surface area (Å²) in [6.45, 7) is 6.78. The van der Waals surface area contributed by atoms with E-state index in [-0.39, 0.29) is 17.9 Å². The van der Waals surface area contributed by atoms with Crippen molar-refractivity contribution in [1.29, 1.82) is 0 Å². The summed E-state index contributed by atoms with van der Waals surface area (Å²) >= 11 is 0. The molecule has 0 aromatic heterocycles. The molecule has 2 aromatic rings. The number of benzene rings is 2. The van der Waals surface area contributed by atoms with Crippen LogP contribution in [0, 0.1) is 27.7 Å². The molecule has 2 N–H and O–H groups in total. The van der Waals surface area contributed by atoms with Gasteiger partial charge in [-0.1, -0.05) is 29.8 Å². The van der Waals surface area contributed by atoms with Gasteiger partial charge in [-0.2, -0.15) is 0 Å². The summed E-state index contributed by atoms with van der Waals surface area (Å²) in [6.07, 6.45) is -0.180. The second-order valence-electron chi connectivity index (χ2n) is 6.94. The smallest absolute Gasteiger partial charge is 0.307 e. The van der Waals surface area contributed by atoms with Gasteiger partial charge in [0, 0.05) is 12.2 Å². The van der Waals surface area contributed by atoms with E-state index in [0.29, 0.717) is 11.3 Å². The molecule has 156 valence electrons. The van der Waals surface area contributed by atoms with Crippen molar-refractivity contribution in [3.8, 4) is 0 Å². The fourth-order valence-electron chi connectivity index (χ4n) is 2.72. The topological polar surface area (TPSA) is 102 Å². The third-order valence-corrected chi connectivity index (χ3v) is 5.88. The number of amides is 1. The largest absolute Gasteiger partial charge is 0.456 e. The van der Waals surface area contributed by atoms with Gasteiger partial charge < -0.3 is 10.1 Å². The Hall–Kier alpha value is -2.71. The van der Waals surface area contributed by atoms with Gasteiger partial charge in [-0.05, 0) is 56.5 Å². The fraction of sp³-hybridized carbons (Fsp3) is 0.333. The summed E-state index contributed by atoms with van der Waals surface area (Å²) in [4.78, 5) is 23.9. The molecule has 0 atom stereocenters. The lowest BCUT2D eigenvalue weighted by molar-refractivity contribution is -0.147. The molecule has 0 aliphatic carbocycles. The molecule has 0 heterocycles. The zero-order valence-corrected chi connectivity index (χ0v) is 17.9. The van der Waals surface area contributed by atoms with E-state index in [1.54, 1.807) is 32.0 Å². The van der Waals surface area contributed by atoms with Crippen molar-refractivity contribution < 1.29 is 22.7 Å². The van der Waals surface area contributed by atoms with Crippen molar-refractivity contribution in [3.05, 3.63) is 58.7 Å². The first kappa shape index (κ1) is 22.6. The second-order valence-corrected chi connectivity index (χ2v) is 8.68. The molecule has 0 radical (unpaired) electrons. The van der Waals surface area contributed by atoms with Gasteiger partial charge in [-0.3, -0.25) is 9.59 Å². The number of sulfonamides is 1. The van der Waals surface area contributed by atoms with E-state index in [1.807, 2.05) is 32.0 Å². The monoisotopic (exact) mass is 418 g/mol. The van der Waals surface area contributed by atoms with Crippen molar-refractivity contribution in [1.82, 2.24) is 4.72 Å². The number of hydrogen-bond donors (Lipinski definition) is 2.